The molecule has 2 aromatic carbocycles. The van der Waals surface area contributed by atoms with Crippen molar-refractivity contribution in [1.82, 2.24) is 15.1 Å². The molecule has 3 rings (SSSR count). The van der Waals surface area contributed by atoms with E-state index in [1.807, 2.05) is 44.2 Å². The molecule has 8 heteroatoms. The number of amides is 1. The highest BCUT2D eigenvalue weighted by atomic mass is 32.2. The van der Waals surface area contributed by atoms with Gasteiger partial charge < -0.3 is 5.32 Å². The zero-order valence-corrected chi connectivity index (χ0v) is 17.6. The highest BCUT2D eigenvalue weighted by Crippen LogP contribution is 2.26. The van der Waals surface area contributed by atoms with Gasteiger partial charge in [0.05, 0.1) is 17.1 Å². The largest absolute Gasteiger partial charge is 0.345 e. The van der Waals surface area contributed by atoms with Crippen LogP contribution in [-0.4, -0.2) is 31.2 Å². The maximum absolute atomic E-state index is 13.1. The van der Waals surface area contributed by atoms with Gasteiger partial charge in [0, 0.05) is 14.1 Å². The van der Waals surface area contributed by atoms with Crippen LogP contribution in [0.25, 0.3) is 0 Å². The van der Waals surface area contributed by atoms with E-state index in [1.54, 1.807) is 31.3 Å². The molecule has 0 radical (unpaired) electrons. The van der Waals surface area contributed by atoms with Crippen LogP contribution in [0, 0.1) is 6.92 Å². The number of sulfonamides is 1. The second kappa shape index (κ2) is 8.08. The van der Waals surface area contributed by atoms with Crippen molar-refractivity contribution >= 4 is 21.7 Å². The summed E-state index contributed by atoms with van der Waals surface area (Å²) >= 11 is 0. The average molecular weight is 413 g/mol. The summed E-state index contributed by atoms with van der Waals surface area (Å²) in [4.78, 5) is 13.0. The Bertz CT molecular complexity index is 1110. The molecule has 0 saturated heterocycles. The summed E-state index contributed by atoms with van der Waals surface area (Å²) in [6, 6.07) is 15.9. The number of benzene rings is 2. The van der Waals surface area contributed by atoms with Crippen molar-refractivity contribution in [2.45, 2.75) is 24.8 Å². The van der Waals surface area contributed by atoms with E-state index in [2.05, 4.69) is 10.4 Å². The minimum atomic E-state index is -3.85. The number of hydrogen-bond donors (Lipinski definition) is 1. The van der Waals surface area contributed by atoms with E-state index in [9.17, 15) is 13.2 Å². The molecule has 1 N–H and O–H groups in total. The second-order valence-electron chi connectivity index (χ2n) is 6.90. The van der Waals surface area contributed by atoms with Gasteiger partial charge in [0.2, 0.25) is 0 Å². The molecular formula is C21H24N4O3S. The van der Waals surface area contributed by atoms with Crippen LogP contribution in [0.4, 0.5) is 5.82 Å². The molecule has 0 aliphatic carbocycles. The molecule has 29 heavy (non-hydrogen) atoms. The molecule has 7 nitrogen and oxygen atoms in total. The topological polar surface area (TPSA) is 84.3 Å². The van der Waals surface area contributed by atoms with Gasteiger partial charge in [-0.1, -0.05) is 48.0 Å². The van der Waals surface area contributed by atoms with Gasteiger partial charge in [-0.05, 0) is 31.5 Å². The number of nitrogens with one attached hydrogen (secondary N) is 1. The number of anilines is 1. The third kappa shape index (κ3) is 4.17. The van der Waals surface area contributed by atoms with E-state index in [-0.39, 0.29) is 22.3 Å². The van der Waals surface area contributed by atoms with Gasteiger partial charge >= 0.3 is 0 Å². The van der Waals surface area contributed by atoms with Crippen LogP contribution in [0.5, 0.6) is 0 Å². The van der Waals surface area contributed by atoms with Crippen molar-refractivity contribution in [3.05, 3.63) is 77.5 Å². The maximum atomic E-state index is 13.1. The van der Waals surface area contributed by atoms with Gasteiger partial charge in [-0.15, -0.1) is 0 Å². The lowest BCUT2D eigenvalue weighted by Gasteiger charge is -2.21. The number of hydrogen-bond acceptors (Lipinski definition) is 4. The minimum Gasteiger partial charge on any atom is -0.345 e. The quantitative estimate of drug-likeness (QED) is 0.674. The Labute approximate surface area is 171 Å². The third-order valence-corrected chi connectivity index (χ3v) is 6.54. The molecular weight excluding hydrogens is 388 g/mol. The fraction of sp³-hybridized carbons (Fsp3) is 0.238. The van der Waals surface area contributed by atoms with Crippen molar-refractivity contribution < 1.29 is 13.2 Å². The summed E-state index contributed by atoms with van der Waals surface area (Å²) in [7, 11) is -0.820. The van der Waals surface area contributed by atoms with Crippen molar-refractivity contribution in [2.75, 3.05) is 11.4 Å². The van der Waals surface area contributed by atoms with Gasteiger partial charge in [0.25, 0.3) is 15.9 Å². The zero-order chi connectivity index (χ0) is 21.2. The maximum Gasteiger partial charge on any atom is 0.265 e. The number of rotatable bonds is 6. The van der Waals surface area contributed by atoms with Gasteiger partial charge in [0.15, 0.2) is 5.82 Å². The predicted molar refractivity (Wildman–Crippen MR) is 112 cm³/mol. The summed E-state index contributed by atoms with van der Waals surface area (Å²) < 4.78 is 28.6. The van der Waals surface area contributed by atoms with Crippen molar-refractivity contribution in [1.29, 1.82) is 0 Å². The summed E-state index contributed by atoms with van der Waals surface area (Å²) in [6.07, 6.45) is 1.38. The molecule has 1 amide bonds. The van der Waals surface area contributed by atoms with E-state index in [1.165, 1.54) is 17.9 Å². The lowest BCUT2D eigenvalue weighted by Crippen LogP contribution is -2.32. The van der Waals surface area contributed by atoms with Crippen molar-refractivity contribution in [3.8, 4) is 0 Å². The lowest BCUT2D eigenvalue weighted by atomic mass is 10.1. The molecule has 0 bridgehead atoms. The molecule has 1 atom stereocenters. The standard InChI is InChI=1S/C21H24N4O3S/c1-15-10-12-18(13-11-15)29(27,28)25(4)21-19(14-22-24(21)3)20(26)23-16(2)17-8-6-5-7-9-17/h5-14,16H,1-4H3,(H,23,26). The molecule has 3 aromatic rings. The number of aromatic nitrogens is 2. The van der Waals surface area contributed by atoms with Crippen LogP contribution in [0.1, 0.15) is 34.5 Å². The molecule has 0 fully saturated rings. The van der Waals surface area contributed by atoms with Gasteiger partial charge in [-0.2, -0.15) is 5.10 Å². The van der Waals surface area contributed by atoms with Gasteiger partial charge in [-0.25, -0.2) is 8.42 Å². The first-order valence-electron chi connectivity index (χ1n) is 9.15. The van der Waals surface area contributed by atoms with Crippen LogP contribution in [0.15, 0.2) is 65.7 Å². The van der Waals surface area contributed by atoms with Gasteiger partial charge in [-0.3, -0.25) is 13.8 Å². The summed E-state index contributed by atoms with van der Waals surface area (Å²) in [5, 5.41) is 7.02. The second-order valence-corrected chi connectivity index (χ2v) is 8.87. The average Bonchev–Trinajstić information content (AvgIpc) is 3.09. The molecule has 152 valence electrons. The van der Waals surface area contributed by atoms with Crippen molar-refractivity contribution in [3.63, 3.8) is 0 Å². The molecule has 0 aliphatic heterocycles. The number of carbonyl (C=O) groups excluding carboxylic acids is 1. The third-order valence-electron chi connectivity index (χ3n) is 4.78. The van der Waals surface area contributed by atoms with Crippen LogP contribution < -0.4 is 9.62 Å². The van der Waals surface area contributed by atoms with Crippen LogP contribution in [0.2, 0.25) is 0 Å². The number of aryl methyl sites for hydroxylation is 2. The Morgan fingerprint density at radius 2 is 1.72 bits per heavy atom. The monoisotopic (exact) mass is 412 g/mol. The summed E-state index contributed by atoms with van der Waals surface area (Å²) in [5.41, 5.74) is 2.10. The molecule has 0 saturated carbocycles. The zero-order valence-electron chi connectivity index (χ0n) is 16.8. The molecule has 1 aromatic heterocycles. The fourth-order valence-electron chi connectivity index (χ4n) is 3.05. The van der Waals surface area contributed by atoms with Crippen LogP contribution >= 0.6 is 0 Å². The SMILES string of the molecule is Cc1ccc(S(=O)(=O)N(C)c2c(C(=O)NC(C)c3ccccc3)cnn2C)cc1. The van der Waals surface area contributed by atoms with Crippen molar-refractivity contribution in [2.24, 2.45) is 7.05 Å². The first kappa shape index (κ1) is 20.6. The molecule has 0 aliphatic rings. The Morgan fingerprint density at radius 3 is 2.34 bits per heavy atom. The smallest absolute Gasteiger partial charge is 0.265 e. The van der Waals surface area contributed by atoms with E-state index < -0.39 is 15.9 Å². The van der Waals surface area contributed by atoms with E-state index in [0.717, 1.165) is 15.4 Å². The minimum absolute atomic E-state index is 0.149. The first-order valence-corrected chi connectivity index (χ1v) is 10.6. The van der Waals surface area contributed by atoms with Crippen LogP contribution in [0.3, 0.4) is 0 Å². The Hall–Kier alpha value is -3.13. The number of carbonyl (C=O) groups is 1. The summed E-state index contributed by atoms with van der Waals surface area (Å²) in [6.45, 7) is 3.76. The van der Waals surface area contributed by atoms with E-state index in [0.29, 0.717) is 0 Å². The summed E-state index contributed by atoms with van der Waals surface area (Å²) in [5.74, 6) is -0.196. The Morgan fingerprint density at radius 1 is 1.10 bits per heavy atom. The molecule has 1 unspecified atom stereocenters. The predicted octanol–water partition coefficient (Wildman–Crippen LogP) is 3.04. The van der Waals surface area contributed by atoms with E-state index in [4.69, 9.17) is 0 Å². The Balaban J connectivity index is 1.90. The number of nitrogens with zero attached hydrogens (tertiary/aromatic N) is 3. The molecule has 1 heterocycles. The molecule has 0 spiro atoms. The Kier molecular flexibility index (Phi) is 5.74. The lowest BCUT2D eigenvalue weighted by molar-refractivity contribution is 0.0940. The fourth-order valence-corrected chi connectivity index (χ4v) is 4.29. The van der Waals surface area contributed by atoms with Gasteiger partial charge in [0.1, 0.15) is 5.56 Å². The highest BCUT2D eigenvalue weighted by Gasteiger charge is 2.29. The van der Waals surface area contributed by atoms with Crippen LogP contribution in [-0.2, 0) is 17.1 Å². The highest BCUT2D eigenvalue weighted by molar-refractivity contribution is 7.92. The van der Waals surface area contributed by atoms with E-state index >= 15 is 0 Å². The first-order chi connectivity index (χ1) is 13.7. The normalized spacial score (nSPS) is 12.4.